The molecule has 0 unspecified atom stereocenters. The van der Waals surface area contributed by atoms with E-state index in [0.717, 1.165) is 12.8 Å². The van der Waals surface area contributed by atoms with Gasteiger partial charge in [-0.3, -0.25) is 4.39 Å². The van der Waals surface area contributed by atoms with E-state index in [1.54, 1.807) is 4.90 Å². The SMILES string of the molecule is CC(C)(C)OC(=O)N1CCC(C)(OCCCF)CC1. The molecule has 112 valence electrons. The molecule has 1 rings (SSSR count). The molecule has 0 saturated carbocycles. The van der Waals surface area contributed by atoms with E-state index in [1.165, 1.54) is 0 Å². The van der Waals surface area contributed by atoms with Crippen LogP contribution in [0.3, 0.4) is 0 Å². The number of hydrogen-bond acceptors (Lipinski definition) is 3. The summed E-state index contributed by atoms with van der Waals surface area (Å²) in [6.45, 7) is 8.95. The van der Waals surface area contributed by atoms with Gasteiger partial charge in [0.1, 0.15) is 5.60 Å². The molecule has 1 saturated heterocycles. The molecule has 5 heteroatoms. The summed E-state index contributed by atoms with van der Waals surface area (Å²) in [5, 5.41) is 0. The minimum absolute atomic E-state index is 0.242. The molecule has 0 spiro atoms. The second-order valence-corrected chi connectivity index (χ2v) is 6.31. The molecule has 1 aliphatic heterocycles. The molecule has 0 aromatic carbocycles. The van der Waals surface area contributed by atoms with Crippen LogP contribution in [0.25, 0.3) is 0 Å². The number of hydrogen-bond donors (Lipinski definition) is 0. The van der Waals surface area contributed by atoms with Crippen molar-refractivity contribution in [3.05, 3.63) is 0 Å². The number of alkyl halides is 1. The fourth-order valence-corrected chi connectivity index (χ4v) is 2.01. The van der Waals surface area contributed by atoms with Gasteiger partial charge in [-0.05, 0) is 47.0 Å². The maximum Gasteiger partial charge on any atom is 0.410 e. The Balaban J connectivity index is 2.37. The summed E-state index contributed by atoms with van der Waals surface area (Å²) in [6, 6.07) is 0. The number of rotatable bonds is 4. The monoisotopic (exact) mass is 275 g/mol. The van der Waals surface area contributed by atoms with Gasteiger partial charge in [0.05, 0.1) is 12.3 Å². The van der Waals surface area contributed by atoms with Crippen LogP contribution < -0.4 is 0 Å². The van der Waals surface area contributed by atoms with Gasteiger partial charge in [-0.25, -0.2) is 4.79 Å². The van der Waals surface area contributed by atoms with E-state index in [0.29, 0.717) is 26.1 Å². The number of nitrogens with zero attached hydrogens (tertiary/aromatic N) is 1. The molecule has 0 radical (unpaired) electrons. The van der Waals surface area contributed by atoms with Gasteiger partial charge in [0.2, 0.25) is 0 Å². The van der Waals surface area contributed by atoms with Gasteiger partial charge < -0.3 is 14.4 Å². The third kappa shape index (κ3) is 5.76. The normalized spacial score (nSPS) is 19.3. The van der Waals surface area contributed by atoms with E-state index in [-0.39, 0.29) is 18.4 Å². The highest BCUT2D eigenvalue weighted by Gasteiger charge is 2.34. The van der Waals surface area contributed by atoms with Crippen molar-refractivity contribution in [2.75, 3.05) is 26.4 Å². The highest BCUT2D eigenvalue weighted by Crippen LogP contribution is 2.27. The lowest BCUT2D eigenvalue weighted by atomic mass is 9.93. The smallest absolute Gasteiger partial charge is 0.410 e. The Bertz CT molecular complexity index is 294. The van der Waals surface area contributed by atoms with E-state index in [4.69, 9.17) is 9.47 Å². The van der Waals surface area contributed by atoms with Gasteiger partial charge >= 0.3 is 6.09 Å². The average Bonchev–Trinajstić information content (AvgIpc) is 2.27. The molecule has 0 aromatic heterocycles. The summed E-state index contributed by atoms with van der Waals surface area (Å²) in [6.07, 6.45) is 1.70. The van der Waals surface area contributed by atoms with Crippen molar-refractivity contribution in [2.45, 2.75) is 58.2 Å². The lowest BCUT2D eigenvalue weighted by molar-refractivity contribution is -0.0738. The van der Waals surface area contributed by atoms with Crippen molar-refractivity contribution in [1.29, 1.82) is 0 Å². The van der Waals surface area contributed by atoms with Crippen LogP contribution in [-0.4, -0.2) is 48.6 Å². The highest BCUT2D eigenvalue weighted by atomic mass is 19.1. The van der Waals surface area contributed by atoms with Crippen LogP contribution in [0.15, 0.2) is 0 Å². The molecule has 19 heavy (non-hydrogen) atoms. The largest absolute Gasteiger partial charge is 0.444 e. The van der Waals surface area contributed by atoms with Crippen molar-refractivity contribution in [3.63, 3.8) is 0 Å². The first kappa shape index (κ1) is 16.2. The summed E-state index contributed by atoms with van der Waals surface area (Å²) in [7, 11) is 0. The Hall–Kier alpha value is -0.840. The van der Waals surface area contributed by atoms with Gasteiger partial charge in [-0.15, -0.1) is 0 Å². The molecule has 1 heterocycles. The molecular weight excluding hydrogens is 249 g/mol. The first-order chi connectivity index (χ1) is 8.76. The standard InChI is InChI=1S/C14H26FNO3/c1-13(2,3)19-12(17)16-9-6-14(4,7-10-16)18-11-5-8-15/h5-11H2,1-4H3. The lowest BCUT2D eigenvalue weighted by Crippen LogP contribution is -2.48. The first-order valence-electron chi connectivity index (χ1n) is 6.94. The predicted octanol–water partition coefficient (Wildman–Crippen LogP) is 3.15. The second kappa shape index (κ2) is 6.55. The third-order valence-electron chi connectivity index (χ3n) is 3.20. The quantitative estimate of drug-likeness (QED) is 0.740. The fourth-order valence-electron chi connectivity index (χ4n) is 2.01. The first-order valence-corrected chi connectivity index (χ1v) is 6.94. The van der Waals surface area contributed by atoms with Gasteiger partial charge in [0, 0.05) is 19.7 Å². The van der Waals surface area contributed by atoms with Gasteiger partial charge in [0.25, 0.3) is 0 Å². The lowest BCUT2D eigenvalue weighted by Gasteiger charge is -2.39. The second-order valence-electron chi connectivity index (χ2n) is 6.31. The zero-order valence-corrected chi connectivity index (χ0v) is 12.5. The molecule has 1 fully saturated rings. The zero-order valence-electron chi connectivity index (χ0n) is 12.5. The number of carbonyl (C=O) groups excluding carboxylic acids is 1. The van der Waals surface area contributed by atoms with Gasteiger partial charge in [-0.2, -0.15) is 0 Å². The molecule has 0 bridgehead atoms. The summed E-state index contributed by atoms with van der Waals surface area (Å²) < 4.78 is 23.1. The maximum atomic E-state index is 12.0. The summed E-state index contributed by atoms with van der Waals surface area (Å²) in [4.78, 5) is 13.6. The number of likely N-dealkylation sites (tertiary alicyclic amines) is 1. The van der Waals surface area contributed by atoms with Crippen LogP contribution in [-0.2, 0) is 9.47 Å². The number of piperidine rings is 1. The van der Waals surface area contributed by atoms with Crippen LogP contribution in [0, 0.1) is 0 Å². The Morgan fingerprint density at radius 3 is 2.37 bits per heavy atom. The zero-order chi connectivity index (χ0) is 14.5. The molecule has 4 nitrogen and oxygen atoms in total. The Morgan fingerprint density at radius 2 is 1.89 bits per heavy atom. The summed E-state index contributed by atoms with van der Waals surface area (Å²) >= 11 is 0. The van der Waals surface area contributed by atoms with Crippen molar-refractivity contribution in [1.82, 2.24) is 4.90 Å². The summed E-state index contributed by atoms with van der Waals surface area (Å²) in [5.74, 6) is 0. The van der Waals surface area contributed by atoms with E-state index in [9.17, 15) is 9.18 Å². The van der Waals surface area contributed by atoms with E-state index < -0.39 is 5.60 Å². The molecule has 1 amide bonds. The van der Waals surface area contributed by atoms with Crippen molar-refractivity contribution in [2.24, 2.45) is 0 Å². The van der Waals surface area contributed by atoms with E-state index in [1.807, 2.05) is 27.7 Å². The Morgan fingerprint density at radius 1 is 1.32 bits per heavy atom. The van der Waals surface area contributed by atoms with Crippen molar-refractivity contribution < 1.29 is 18.7 Å². The van der Waals surface area contributed by atoms with Crippen LogP contribution >= 0.6 is 0 Å². The molecular formula is C14H26FNO3. The van der Waals surface area contributed by atoms with E-state index >= 15 is 0 Å². The number of amides is 1. The van der Waals surface area contributed by atoms with Crippen LogP contribution in [0.4, 0.5) is 9.18 Å². The van der Waals surface area contributed by atoms with Crippen molar-refractivity contribution >= 4 is 6.09 Å². The van der Waals surface area contributed by atoms with Gasteiger partial charge in [-0.1, -0.05) is 0 Å². The number of carbonyl (C=O) groups is 1. The number of ether oxygens (including phenoxy) is 2. The average molecular weight is 275 g/mol. The maximum absolute atomic E-state index is 12.0. The predicted molar refractivity (Wildman–Crippen MR) is 72.0 cm³/mol. The highest BCUT2D eigenvalue weighted by molar-refractivity contribution is 5.68. The summed E-state index contributed by atoms with van der Waals surface area (Å²) in [5.41, 5.74) is -0.705. The van der Waals surface area contributed by atoms with E-state index in [2.05, 4.69) is 0 Å². The molecule has 0 N–H and O–H groups in total. The molecule has 0 aliphatic carbocycles. The number of halogens is 1. The topological polar surface area (TPSA) is 38.8 Å². The Labute approximate surface area is 115 Å². The van der Waals surface area contributed by atoms with Crippen LogP contribution in [0.2, 0.25) is 0 Å². The van der Waals surface area contributed by atoms with Gasteiger partial charge in [0.15, 0.2) is 0 Å². The fraction of sp³-hybridized carbons (Fsp3) is 0.929. The van der Waals surface area contributed by atoms with Crippen molar-refractivity contribution in [3.8, 4) is 0 Å². The Kier molecular flexibility index (Phi) is 5.59. The third-order valence-corrected chi connectivity index (χ3v) is 3.20. The molecule has 0 atom stereocenters. The molecule has 1 aliphatic rings. The van der Waals surface area contributed by atoms with Crippen LogP contribution in [0.1, 0.15) is 47.0 Å². The van der Waals surface area contributed by atoms with Crippen LogP contribution in [0.5, 0.6) is 0 Å². The molecule has 0 aromatic rings. The minimum Gasteiger partial charge on any atom is -0.444 e. The minimum atomic E-state index is -0.463.